The van der Waals surface area contributed by atoms with Gasteiger partial charge in [-0.2, -0.15) is 5.10 Å². The van der Waals surface area contributed by atoms with Crippen molar-refractivity contribution < 1.29 is 4.79 Å². The quantitative estimate of drug-likeness (QED) is 0.658. The van der Waals surface area contributed by atoms with Crippen LogP contribution >= 0.6 is 11.6 Å². The number of rotatable bonds is 5. The Morgan fingerprint density at radius 1 is 1.19 bits per heavy atom. The van der Waals surface area contributed by atoms with Crippen LogP contribution in [0.1, 0.15) is 11.1 Å². The third-order valence-electron chi connectivity index (χ3n) is 2.79. The Hall–Kier alpha value is -2.33. The average molecular weight is 302 g/mol. The summed E-state index contributed by atoms with van der Waals surface area (Å²) < 4.78 is 0. The molecule has 108 valence electrons. The number of hydrazone groups is 1. The number of carbonyl (C=O) groups is 1. The summed E-state index contributed by atoms with van der Waals surface area (Å²) >= 11 is 5.98. The van der Waals surface area contributed by atoms with Crippen LogP contribution in [0.4, 0.5) is 5.69 Å². The van der Waals surface area contributed by atoms with Crippen LogP contribution in [0.15, 0.2) is 53.6 Å². The molecule has 4 nitrogen and oxygen atoms in total. The number of carbonyl (C=O) groups excluding carboxylic acids is 1. The Morgan fingerprint density at radius 3 is 2.62 bits per heavy atom. The van der Waals surface area contributed by atoms with Crippen LogP contribution in [0.25, 0.3) is 0 Å². The predicted octanol–water partition coefficient (Wildman–Crippen LogP) is 3.21. The van der Waals surface area contributed by atoms with Crippen molar-refractivity contribution in [3.63, 3.8) is 0 Å². The van der Waals surface area contributed by atoms with Gasteiger partial charge in [-0.3, -0.25) is 4.79 Å². The SMILES string of the molecule is Cc1ccc(/C=N\NC(=O)CNc2ccccc2Cl)cc1. The monoisotopic (exact) mass is 301 g/mol. The van der Waals surface area contributed by atoms with Gasteiger partial charge in [0.2, 0.25) is 0 Å². The van der Waals surface area contributed by atoms with Gasteiger partial charge in [0, 0.05) is 0 Å². The fraction of sp³-hybridized carbons (Fsp3) is 0.125. The molecule has 0 aromatic heterocycles. The predicted molar refractivity (Wildman–Crippen MR) is 86.9 cm³/mol. The Kier molecular flexibility index (Phi) is 5.35. The molecule has 2 aromatic rings. The second-order valence-electron chi connectivity index (χ2n) is 4.54. The first kappa shape index (κ1) is 15.1. The fourth-order valence-corrected chi connectivity index (χ4v) is 1.85. The minimum Gasteiger partial charge on any atom is -0.375 e. The molecule has 0 radical (unpaired) electrons. The number of anilines is 1. The number of hydrogen-bond acceptors (Lipinski definition) is 3. The Bertz CT molecular complexity index is 638. The molecule has 0 saturated heterocycles. The zero-order valence-corrected chi connectivity index (χ0v) is 12.4. The van der Waals surface area contributed by atoms with Crippen molar-refractivity contribution in [1.29, 1.82) is 0 Å². The van der Waals surface area contributed by atoms with E-state index in [4.69, 9.17) is 11.6 Å². The van der Waals surface area contributed by atoms with Crippen molar-refractivity contribution in [2.45, 2.75) is 6.92 Å². The molecule has 0 spiro atoms. The van der Waals surface area contributed by atoms with Crippen molar-refractivity contribution in [3.8, 4) is 0 Å². The van der Waals surface area contributed by atoms with Crippen LogP contribution in [-0.2, 0) is 4.79 Å². The number of nitrogens with zero attached hydrogens (tertiary/aromatic N) is 1. The third kappa shape index (κ3) is 4.93. The van der Waals surface area contributed by atoms with E-state index >= 15 is 0 Å². The maximum absolute atomic E-state index is 11.6. The lowest BCUT2D eigenvalue weighted by atomic mass is 10.2. The number of benzene rings is 2. The maximum atomic E-state index is 11.6. The third-order valence-corrected chi connectivity index (χ3v) is 3.12. The van der Waals surface area contributed by atoms with Crippen LogP contribution < -0.4 is 10.7 Å². The van der Waals surface area contributed by atoms with Crippen molar-refractivity contribution in [3.05, 3.63) is 64.7 Å². The fourth-order valence-electron chi connectivity index (χ4n) is 1.65. The summed E-state index contributed by atoms with van der Waals surface area (Å²) in [4.78, 5) is 11.6. The van der Waals surface area contributed by atoms with Gasteiger partial charge in [-0.15, -0.1) is 0 Å². The standard InChI is InChI=1S/C16H16ClN3O/c1-12-6-8-13(9-7-12)10-19-20-16(21)11-18-15-5-3-2-4-14(15)17/h2-10,18H,11H2,1H3,(H,20,21)/b19-10-. The molecule has 0 saturated carbocycles. The lowest BCUT2D eigenvalue weighted by molar-refractivity contribution is -0.119. The van der Waals surface area contributed by atoms with Crippen LogP contribution in [0.2, 0.25) is 5.02 Å². The van der Waals surface area contributed by atoms with Gasteiger partial charge in [0.15, 0.2) is 0 Å². The molecular weight excluding hydrogens is 286 g/mol. The number of para-hydroxylation sites is 1. The summed E-state index contributed by atoms with van der Waals surface area (Å²) in [5.74, 6) is -0.238. The number of nitrogens with one attached hydrogen (secondary N) is 2. The highest BCUT2D eigenvalue weighted by Gasteiger charge is 2.01. The topological polar surface area (TPSA) is 53.5 Å². The van der Waals surface area contributed by atoms with Gasteiger partial charge in [0.1, 0.15) is 0 Å². The summed E-state index contributed by atoms with van der Waals surface area (Å²) in [5.41, 5.74) is 5.29. The molecule has 1 amide bonds. The number of halogens is 1. The zero-order chi connectivity index (χ0) is 15.1. The van der Waals surface area contributed by atoms with E-state index in [1.54, 1.807) is 12.3 Å². The number of hydrogen-bond donors (Lipinski definition) is 2. The molecule has 5 heteroatoms. The highest BCUT2D eigenvalue weighted by Crippen LogP contribution is 2.19. The molecule has 0 unspecified atom stereocenters. The summed E-state index contributed by atoms with van der Waals surface area (Å²) in [5, 5.41) is 7.44. The summed E-state index contributed by atoms with van der Waals surface area (Å²) in [7, 11) is 0. The number of aryl methyl sites for hydroxylation is 1. The van der Waals surface area contributed by atoms with Crippen LogP contribution in [0.3, 0.4) is 0 Å². The first-order chi connectivity index (χ1) is 10.1. The maximum Gasteiger partial charge on any atom is 0.259 e. The van der Waals surface area contributed by atoms with E-state index < -0.39 is 0 Å². The van der Waals surface area contributed by atoms with Crippen molar-refractivity contribution >= 4 is 29.4 Å². The van der Waals surface area contributed by atoms with Gasteiger partial charge in [-0.25, -0.2) is 5.43 Å². The Labute approximate surface area is 128 Å². The summed E-state index contributed by atoms with van der Waals surface area (Å²) in [6.45, 7) is 2.12. The van der Waals surface area contributed by atoms with E-state index in [1.807, 2.05) is 49.4 Å². The van der Waals surface area contributed by atoms with Gasteiger partial charge in [-0.05, 0) is 24.6 Å². The first-order valence-electron chi connectivity index (χ1n) is 6.52. The Morgan fingerprint density at radius 2 is 1.90 bits per heavy atom. The molecule has 0 fully saturated rings. The second kappa shape index (κ2) is 7.45. The lowest BCUT2D eigenvalue weighted by Crippen LogP contribution is -2.25. The summed E-state index contributed by atoms with van der Waals surface area (Å²) in [6, 6.07) is 15.1. The largest absolute Gasteiger partial charge is 0.375 e. The molecule has 0 bridgehead atoms. The van der Waals surface area contributed by atoms with Gasteiger partial charge in [0.25, 0.3) is 5.91 Å². The number of amides is 1. The molecule has 0 aliphatic carbocycles. The zero-order valence-electron chi connectivity index (χ0n) is 11.6. The molecular formula is C16H16ClN3O. The van der Waals surface area contributed by atoms with Crippen molar-refractivity contribution in [2.75, 3.05) is 11.9 Å². The van der Waals surface area contributed by atoms with E-state index in [1.165, 1.54) is 5.56 Å². The minimum absolute atomic E-state index is 0.106. The first-order valence-corrected chi connectivity index (χ1v) is 6.90. The highest BCUT2D eigenvalue weighted by atomic mass is 35.5. The van der Waals surface area contributed by atoms with E-state index in [9.17, 15) is 4.79 Å². The smallest absolute Gasteiger partial charge is 0.259 e. The van der Waals surface area contributed by atoms with Gasteiger partial charge < -0.3 is 5.32 Å². The van der Waals surface area contributed by atoms with Crippen LogP contribution in [0.5, 0.6) is 0 Å². The molecule has 0 heterocycles. The van der Waals surface area contributed by atoms with E-state index in [-0.39, 0.29) is 12.5 Å². The highest BCUT2D eigenvalue weighted by molar-refractivity contribution is 6.33. The Balaban J connectivity index is 1.80. The van der Waals surface area contributed by atoms with Gasteiger partial charge >= 0.3 is 0 Å². The second-order valence-corrected chi connectivity index (χ2v) is 4.94. The van der Waals surface area contributed by atoms with Crippen molar-refractivity contribution in [1.82, 2.24) is 5.43 Å². The van der Waals surface area contributed by atoms with E-state index in [2.05, 4.69) is 15.8 Å². The molecule has 0 aliphatic rings. The van der Waals surface area contributed by atoms with E-state index in [0.29, 0.717) is 5.02 Å². The molecule has 2 aromatic carbocycles. The van der Waals surface area contributed by atoms with Gasteiger partial charge in [0.05, 0.1) is 23.5 Å². The molecule has 2 N–H and O–H groups in total. The molecule has 0 aliphatic heterocycles. The summed E-state index contributed by atoms with van der Waals surface area (Å²) in [6.07, 6.45) is 1.60. The van der Waals surface area contributed by atoms with Gasteiger partial charge in [-0.1, -0.05) is 53.6 Å². The van der Waals surface area contributed by atoms with Crippen LogP contribution in [0, 0.1) is 6.92 Å². The molecule has 0 atom stereocenters. The molecule has 2 rings (SSSR count). The lowest BCUT2D eigenvalue weighted by Gasteiger charge is -2.06. The van der Waals surface area contributed by atoms with Crippen LogP contribution in [-0.4, -0.2) is 18.7 Å². The minimum atomic E-state index is -0.238. The average Bonchev–Trinajstić information content (AvgIpc) is 2.48. The normalized spacial score (nSPS) is 10.6. The van der Waals surface area contributed by atoms with E-state index in [0.717, 1.165) is 11.3 Å². The van der Waals surface area contributed by atoms with Crippen molar-refractivity contribution in [2.24, 2.45) is 5.10 Å². The molecule has 21 heavy (non-hydrogen) atoms.